The Morgan fingerprint density at radius 1 is 1.07 bits per heavy atom. The molecule has 1 fully saturated rings. The number of rotatable bonds is 9. The predicted octanol–water partition coefficient (Wildman–Crippen LogP) is 7.00. The highest BCUT2D eigenvalue weighted by Gasteiger charge is 2.33. The molecular formula is C31H30F3N7O3S2. The summed E-state index contributed by atoms with van der Waals surface area (Å²) in [5.41, 5.74) is 7.47. The number of aliphatic imine (C=N–C) groups is 1. The van der Waals surface area contributed by atoms with Crippen LogP contribution in [-0.2, 0) is 9.63 Å². The number of anilines is 2. The molecule has 15 heteroatoms. The van der Waals surface area contributed by atoms with Crippen molar-refractivity contribution in [2.75, 3.05) is 23.0 Å². The van der Waals surface area contributed by atoms with Gasteiger partial charge in [-0.1, -0.05) is 55.9 Å². The van der Waals surface area contributed by atoms with Crippen molar-refractivity contribution in [2.45, 2.75) is 39.2 Å². The first-order chi connectivity index (χ1) is 21.9. The van der Waals surface area contributed by atoms with Crippen molar-refractivity contribution in [1.82, 2.24) is 20.2 Å². The van der Waals surface area contributed by atoms with Crippen LogP contribution >= 0.6 is 24.0 Å². The van der Waals surface area contributed by atoms with E-state index < -0.39 is 12.5 Å². The van der Waals surface area contributed by atoms with Gasteiger partial charge in [-0.2, -0.15) is 4.99 Å². The van der Waals surface area contributed by atoms with E-state index in [4.69, 9.17) is 17.1 Å². The van der Waals surface area contributed by atoms with Crippen LogP contribution in [0.1, 0.15) is 43.9 Å². The van der Waals surface area contributed by atoms with Gasteiger partial charge in [0.15, 0.2) is 11.0 Å². The molecule has 0 aliphatic carbocycles. The second-order valence-corrected chi connectivity index (χ2v) is 11.8. The third-order valence-corrected chi connectivity index (χ3v) is 8.03. The lowest BCUT2D eigenvalue weighted by molar-refractivity contribution is -0.274. The zero-order chi connectivity index (χ0) is 33.0. The Balaban J connectivity index is 1.21. The fourth-order valence-electron chi connectivity index (χ4n) is 4.60. The molecule has 46 heavy (non-hydrogen) atoms. The van der Waals surface area contributed by atoms with Gasteiger partial charge in [-0.3, -0.25) is 14.5 Å². The molecule has 1 aliphatic heterocycles. The number of halogens is 3. The minimum atomic E-state index is -4.76. The number of aromatic nitrogens is 3. The Labute approximate surface area is 273 Å². The molecule has 1 aromatic heterocycles. The van der Waals surface area contributed by atoms with Gasteiger partial charge in [0.1, 0.15) is 18.2 Å². The van der Waals surface area contributed by atoms with E-state index in [1.54, 1.807) is 4.90 Å². The number of carbonyl (C=O) groups excluding carboxylic acids is 1. The quantitative estimate of drug-likeness (QED) is 0.144. The second-order valence-electron chi connectivity index (χ2n) is 10.4. The topological polar surface area (TPSA) is 106 Å². The van der Waals surface area contributed by atoms with E-state index in [2.05, 4.69) is 44.5 Å². The molecule has 1 amide bonds. The number of ether oxygens (including phenoxy) is 1. The zero-order valence-corrected chi connectivity index (χ0v) is 26.8. The molecular weight excluding hydrogens is 640 g/mol. The first-order valence-corrected chi connectivity index (χ1v) is 15.5. The van der Waals surface area contributed by atoms with Crippen molar-refractivity contribution >= 4 is 51.5 Å². The van der Waals surface area contributed by atoms with Gasteiger partial charge in [-0.15, -0.1) is 18.3 Å². The highest BCUT2D eigenvalue weighted by Crippen LogP contribution is 2.35. The summed E-state index contributed by atoms with van der Waals surface area (Å²) in [6.45, 7) is 5.99. The Bertz CT molecular complexity index is 1740. The number of nitrogens with zero attached hydrogens (tertiary/aromatic N) is 5. The largest absolute Gasteiger partial charge is 0.573 e. The second kappa shape index (κ2) is 13.9. The number of alkyl halides is 3. The number of benzene rings is 3. The van der Waals surface area contributed by atoms with Gasteiger partial charge in [0.2, 0.25) is 11.0 Å². The molecule has 2 heterocycles. The first kappa shape index (κ1) is 32.9. The maximum absolute atomic E-state index is 12.9. The van der Waals surface area contributed by atoms with Crippen LogP contribution < -0.4 is 20.4 Å². The highest BCUT2D eigenvalue weighted by molar-refractivity contribution is 8.15. The van der Waals surface area contributed by atoms with Gasteiger partial charge in [0.25, 0.3) is 0 Å². The molecule has 1 atom stereocenters. The molecule has 3 aromatic carbocycles. The maximum Gasteiger partial charge on any atom is 0.573 e. The summed E-state index contributed by atoms with van der Waals surface area (Å²) in [6.07, 6.45) is -3.70. The van der Waals surface area contributed by atoms with Crippen LogP contribution in [0.3, 0.4) is 0 Å². The normalized spacial score (nSPS) is 15.0. The molecule has 1 unspecified atom stereocenters. The molecule has 4 aromatic rings. The van der Waals surface area contributed by atoms with Gasteiger partial charge < -0.3 is 10.1 Å². The smallest absolute Gasteiger partial charge is 0.406 e. The summed E-state index contributed by atoms with van der Waals surface area (Å²) in [4.78, 5) is 29.1. The van der Waals surface area contributed by atoms with Gasteiger partial charge in [0.05, 0.1) is 17.1 Å². The summed E-state index contributed by atoms with van der Waals surface area (Å²) >= 11 is 6.74. The SMILES string of the molecule is CNc1ccc(C(C)C)c(N2C(=O)CS/C2=N\C(=S)NOC(C)c2ccc(-c3ncn(-c4ccc(OC(F)(F)F)cc4)n3)cc2)c1. The van der Waals surface area contributed by atoms with Gasteiger partial charge in [-0.25, -0.2) is 15.1 Å². The van der Waals surface area contributed by atoms with Crippen LogP contribution in [-0.4, -0.2) is 50.1 Å². The molecule has 0 saturated carbocycles. The molecule has 1 saturated heterocycles. The standard InChI is InChI=1S/C31H30F3N7O3S2/c1-18(2)25-14-9-22(35-4)15-26(25)41-27(42)16-46-30(41)37-29(45)39-44-19(3)20-5-7-21(8-6-20)28-36-17-40(38-28)23-10-12-24(13-11-23)43-31(32,33)34/h5-15,17-19,35H,16H2,1-4H3,(H,39,45)/b37-30-. The van der Waals surface area contributed by atoms with E-state index in [9.17, 15) is 18.0 Å². The Morgan fingerprint density at radius 2 is 1.78 bits per heavy atom. The molecule has 0 radical (unpaired) electrons. The van der Waals surface area contributed by atoms with Crippen molar-refractivity contribution < 1.29 is 27.5 Å². The summed E-state index contributed by atoms with van der Waals surface area (Å²) in [6, 6.07) is 18.6. The molecule has 0 bridgehead atoms. The number of nitrogens with one attached hydrogen (secondary N) is 2. The zero-order valence-electron chi connectivity index (χ0n) is 25.2. The predicted molar refractivity (Wildman–Crippen MR) is 176 cm³/mol. The van der Waals surface area contributed by atoms with Gasteiger partial charge >= 0.3 is 6.36 Å². The molecule has 10 nitrogen and oxygen atoms in total. The average Bonchev–Trinajstić information content (AvgIpc) is 3.66. The summed E-state index contributed by atoms with van der Waals surface area (Å²) in [5, 5.41) is 8.10. The number of amidine groups is 1. The fraction of sp³-hybridized carbons (Fsp3) is 0.258. The number of carbonyl (C=O) groups is 1. The van der Waals surface area contributed by atoms with Crippen molar-refractivity contribution in [3.63, 3.8) is 0 Å². The summed E-state index contributed by atoms with van der Waals surface area (Å²) < 4.78 is 42.7. The monoisotopic (exact) mass is 669 g/mol. The lowest BCUT2D eigenvalue weighted by Crippen LogP contribution is -2.32. The molecule has 5 rings (SSSR count). The number of amides is 1. The van der Waals surface area contributed by atoms with Crippen molar-refractivity contribution in [3.05, 3.63) is 84.2 Å². The van der Waals surface area contributed by atoms with E-state index in [0.29, 0.717) is 16.7 Å². The van der Waals surface area contributed by atoms with Crippen LogP contribution in [0, 0.1) is 0 Å². The van der Waals surface area contributed by atoms with Crippen molar-refractivity contribution in [2.24, 2.45) is 4.99 Å². The van der Waals surface area contributed by atoms with Gasteiger partial charge in [0, 0.05) is 18.3 Å². The minimum absolute atomic E-state index is 0.0780. The van der Waals surface area contributed by atoms with Crippen LogP contribution in [0.4, 0.5) is 24.5 Å². The van der Waals surface area contributed by atoms with E-state index in [0.717, 1.165) is 28.1 Å². The van der Waals surface area contributed by atoms with Crippen LogP contribution in [0.15, 0.2) is 78.0 Å². The number of thiocarbonyl (C=S) groups is 1. The summed E-state index contributed by atoms with van der Waals surface area (Å²) in [7, 11) is 1.82. The summed E-state index contributed by atoms with van der Waals surface area (Å²) in [5.74, 6) is 0.471. The Morgan fingerprint density at radius 3 is 2.43 bits per heavy atom. The third-order valence-electron chi connectivity index (χ3n) is 6.93. The number of thioether (sulfide) groups is 1. The average molecular weight is 670 g/mol. The lowest BCUT2D eigenvalue weighted by atomic mass is 10.00. The van der Waals surface area contributed by atoms with Crippen LogP contribution in [0.5, 0.6) is 5.75 Å². The third kappa shape index (κ3) is 7.84. The van der Waals surface area contributed by atoms with Crippen LogP contribution in [0.2, 0.25) is 0 Å². The minimum Gasteiger partial charge on any atom is -0.406 e. The van der Waals surface area contributed by atoms with E-state index in [1.165, 1.54) is 47.0 Å². The molecule has 0 spiro atoms. The van der Waals surface area contributed by atoms with Crippen LogP contribution in [0.25, 0.3) is 17.1 Å². The van der Waals surface area contributed by atoms with E-state index in [1.807, 2.05) is 56.4 Å². The maximum atomic E-state index is 12.9. The van der Waals surface area contributed by atoms with Crippen molar-refractivity contribution in [1.29, 1.82) is 0 Å². The van der Waals surface area contributed by atoms with E-state index >= 15 is 0 Å². The fourth-order valence-corrected chi connectivity index (χ4v) is 5.66. The first-order valence-electron chi connectivity index (χ1n) is 14.1. The highest BCUT2D eigenvalue weighted by atomic mass is 32.2. The molecule has 240 valence electrons. The van der Waals surface area contributed by atoms with Crippen molar-refractivity contribution in [3.8, 4) is 22.8 Å². The lowest BCUT2D eigenvalue weighted by Gasteiger charge is -2.23. The van der Waals surface area contributed by atoms with Gasteiger partial charge in [-0.05, 0) is 72.6 Å². The van der Waals surface area contributed by atoms with E-state index in [-0.39, 0.29) is 28.4 Å². The molecule has 1 aliphatic rings. The molecule has 2 N–H and O–H groups in total. The Kier molecular flexibility index (Phi) is 9.94. The number of hydrogen-bond acceptors (Lipinski definition) is 8. The number of hydrogen-bond donors (Lipinski definition) is 2. The Hall–Kier alpha value is -4.47. The number of hydroxylamine groups is 1.